The minimum atomic E-state index is -0.216. The van der Waals surface area contributed by atoms with Gasteiger partial charge in [-0.2, -0.15) is 0 Å². The molecule has 1 aromatic carbocycles. The van der Waals surface area contributed by atoms with Crippen LogP contribution in [-0.4, -0.2) is 45.3 Å². The topological polar surface area (TPSA) is 95.1 Å². The molecule has 0 unspecified atom stereocenters. The summed E-state index contributed by atoms with van der Waals surface area (Å²) in [5.74, 6) is 0.925. The van der Waals surface area contributed by atoms with Gasteiger partial charge in [0.15, 0.2) is 11.0 Å². The summed E-state index contributed by atoms with van der Waals surface area (Å²) in [6.07, 6.45) is 0.781. The van der Waals surface area contributed by atoms with E-state index in [1.165, 1.54) is 11.8 Å². The molecular weight excluding hydrogens is 402 g/mol. The van der Waals surface area contributed by atoms with Crippen molar-refractivity contribution in [3.63, 3.8) is 0 Å². The number of nitrogens with zero attached hydrogens (tertiary/aromatic N) is 4. The Morgan fingerprint density at radius 1 is 1.36 bits per heavy atom. The van der Waals surface area contributed by atoms with Crippen LogP contribution in [0.1, 0.15) is 12.1 Å². The van der Waals surface area contributed by atoms with Crippen molar-refractivity contribution in [1.82, 2.24) is 19.9 Å². The molecular formula is C18H20ClN5O3S. The molecule has 28 heavy (non-hydrogen) atoms. The second-order valence-electron chi connectivity index (χ2n) is 5.95. The molecule has 0 fully saturated rings. The van der Waals surface area contributed by atoms with Gasteiger partial charge in [-0.3, -0.25) is 10.1 Å². The highest BCUT2D eigenvalue weighted by molar-refractivity contribution is 7.99. The number of hydrogen-bond acceptors (Lipinski definition) is 7. The van der Waals surface area contributed by atoms with E-state index in [0.717, 1.165) is 12.0 Å². The van der Waals surface area contributed by atoms with Gasteiger partial charge in [0.25, 0.3) is 0 Å². The van der Waals surface area contributed by atoms with Crippen LogP contribution in [0.15, 0.2) is 40.0 Å². The summed E-state index contributed by atoms with van der Waals surface area (Å²) in [6, 6.07) is 9.13. The molecule has 0 aliphatic heterocycles. The summed E-state index contributed by atoms with van der Waals surface area (Å²) in [7, 11) is 1.66. The van der Waals surface area contributed by atoms with Crippen molar-refractivity contribution in [2.24, 2.45) is 0 Å². The minimum absolute atomic E-state index is 0.157. The number of thioether (sulfide) groups is 1. The lowest BCUT2D eigenvalue weighted by molar-refractivity contribution is -0.113. The number of nitrogens with one attached hydrogen (secondary N) is 1. The number of hydrogen-bond donors (Lipinski definition) is 1. The Morgan fingerprint density at radius 3 is 2.89 bits per heavy atom. The second-order valence-corrected chi connectivity index (χ2v) is 7.30. The monoisotopic (exact) mass is 421 g/mol. The number of methoxy groups -OCH3 is 1. The van der Waals surface area contributed by atoms with Crippen LogP contribution in [0.25, 0.3) is 11.4 Å². The quantitative estimate of drug-likeness (QED) is 0.416. The Balaban J connectivity index is 1.74. The normalized spacial score (nSPS) is 11.0. The highest BCUT2D eigenvalue weighted by Crippen LogP contribution is 2.29. The number of carbonyl (C=O) groups is 1. The van der Waals surface area contributed by atoms with Crippen LogP contribution in [0.3, 0.4) is 0 Å². The second kappa shape index (κ2) is 9.72. The molecule has 0 saturated heterocycles. The third-order valence-electron chi connectivity index (χ3n) is 3.78. The van der Waals surface area contributed by atoms with Crippen molar-refractivity contribution in [2.75, 3.05) is 24.8 Å². The number of amides is 1. The maximum Gasteiger partial charge on any atom is 0.237 e. The van der Waals surface area contributed by atoms with Gasteiger partial charge in [0.2, 0.25) is 11.8 Å². The molecule has 148 valence electrons. The maximum absolute atomic E-state index is 12.2. The molecule has 1 N–H and O–H groups in total. The Labute approximate surface area is 171 Å². The van der Waals surface area contributed by atoms with Crippen molar-refractivity contribution < 1.29 is 14.1 Å². The first-order valence-corrected chi connectivity index (χ1v) is 9.98. The Hall–Kier alpha value is -2.36. The lowest BCUT2D eigenvalue weighted by atomic mass is 10.2. The van der Waals surface area contributed by atoms with Crippen LogP contribution >= 0.6 is 23.4 Å². The summed E-state index contributed by atoms with van der Waals surface area (Å²) in [5.41, 5.74) is 1.49. The summed E-state index contributed by atoms with van der Waals surface area (Å²) in [5, 5.41) is 16.2. The summed E-state index contributed by atoms with van der Waals surface area (Å²) in [4.78, 5) is 12.2. The minimum Gasteiger partial charge on any atom is -0.385 e. The Kier molecular flexibility index (Phi) is 7.07. The zero-order valence-corrected chi connectivity index (χ0v) is 17.1. The molecule has 3 rings (SSSR count). The molecule has 2 aromatic heterocycles. The molecule has 0 aliphatic rings. The van der Waals surface area contributed by atoms with Crippen molar-refractivity contribution in [3.05, 3.63) is 41.0 Å². The average Bonchev–Trinajstić information content (AvgIpc) is 3.27. The number of aromatic nitrogens is 4. The molecule has 0 aliphatic carbocycles. The number of rotatable bonds is 9. The van der Waals surface area contributed by atoms with E-state index in [0.29, 0.717) is 40.7 Å². The fraction of sp³-hybridized carbons (Fsp3) is 0.333. The third-order valence-corrected chi connectivity index (χ3v) is 5.08. The lowest BCUT2D eigenvalue weighted by Crippen LogP contribution is -2.14. The van der Waals surface area contributed by atoms with Crippen LogP contribution in [0.2, 0.25) is 5.02 Å². The van der Waals surface area contributed by atoms with Crippen LogP contribution < -0.4 is 5.32 Å². The number of benzene rings is 1. The molecule has 0 atom stereocenters. The predicted octanol–water partition coefficient (Wildman–Crippen LogP) is 3.66. The Bertz CT molecular complexity index is 943. The molecule has 0 bridgehead atoms. The van der Waals surface area contributed by atoms with Crippen molar-refractivity contribution >= 4 is 35.2 Å². The molecule has 1 amide bonds. The van der Waals surface area contributed by atoms with Crippen LogP contribution in [0, 0.1) is 6.92 Å². The van der Waals surface area contributed by atoms with Gasteiger partial charge in [0.1, 0.15) is 0 Å². The van der Waals surface area contributed by atoms with Gasteiger partial charge in [0, 0.05) is 31.9 Å². The number of anilines is 1. The van der Waals surface area contributed by atoms with E-state index < -0.39 is 0 Å². The fourth-order valence-corrected chi connectivity index (χ4v) is 3.52. The summed E-state index contributed by atoms with van der Waals surface area (Å²) >= 11 is 7.62. The summed E-state index contributed by atoms with van der Waals surface area (Å²) < 4.78 is 12.1. The molecule has 0 saturated carbocycles. The number of aryl methyl sites for hydroxylation is 1. The van der Waals surface area contributed by atoms with Gasteiger partial charge in [-0.15, -0.1) is 10.2 Å². The fourth-order valence-electron chi connectivity index (χ4n) is 2.53. The molecule has 2 heterocycles. The smallest absolute Gasteiger partial charge is 0.237 e. The number of halogens is 1. The largest absolute Gasteiger partial charge is 0.385 e. The average molecular weight is 422 g/mol. The van der Waals surface area contributed by atoms with E-state index in [4.69, 9.17) is 20.9 Å². The van der Waals surface area contributed by atoms with E-state index in [1.54, 1.807) is 20.1 Å². The van der Waals surface area contributed by atoms with Crippen LogP contribution in [0.4, 0.5) is 5.88 Å². The first kappa shape index (κ1) is 20.4. The van der Waals surface area contributed by atoms with E-state index in [1.807, 2.05) is 28.8 Å². The van der Waals surface area contributed by atoms with Gasteiger partial charge in [-0.05, 0) is 25.5 Å². The van der Waals surface area contributed by atoms with E-state index in [2.05, 4.69) is 20.7 Å². The maximum atomic E-state index is 12.2. The highest BCUT2D eigenvalue weighted by Gasteiger charge is 2.17. The van der Waals surface area contributed by atoms with Gasteiger partial charge < -0.3 is 13.8 Å². The molecule has 8 nitrogen and oxygen atoms in total. The van der Waals surface area contributed by atoms with Crippen molar-refractivity contribution in [2.45, 2.75) is 25.0 Å². The summed E-state index contributed by atoms with van der Waals surface area (Å²) in [6.45, 7) is 3.04. The van der Waals surface area contributed by atoms with E-state index in [-0.39, 0.29) is 11.7 Å². The third kappa shape index (κ3) is 5.12. The van der Waals surface area contributed by atoms with Crippen molar-refractivity contribution in [1.29, 1.82) is 0 Å². The lowest BCUT2D eigenvalue weighted by Gasteiger charge is -2.10. The SMILES string of the molecule is COCCCn1c(SCC(=O)Nc2cc(C)no2)nnc1-c1ccccc1Cl. The highest BCUT2D eigenvalue weighted by atomic mass is 35.5. The number of ether oxygens (including phenoxy) is 1. The van der Waals surface area contributed by atoms with Gasteiger partial charge in [-0.25, -0.2) is 0 Å². The first-order valence-electron chi connectivity index (χ1n) is 8.61. The Morgan fingerprint density at radius 2 is 2.18 bits per heavy atom. The first-order chi connectivity index (χ1) is 13.6. The zero-order chi connectivity index (χ0) is 19.9. The van der Waals surface area contributed by atoms with Crippen LogP contribution in [-0.2, 0) is 16.1 Å². The van der Waals surface area contributed by atoms with Crippen molar-refractivity contribution in [3.8, 4) is 11.4 Å². The number of carbonyl (C=O) groups excluding carboxylic acids is 1. The standard InChI is InChI=1S/C18H20ClN5O3S/c1-12-10-16(27-23-12)20-15(25)11-28-18-22-21-17(24(18)8-5-9-26-2)13-6-3-4-7-14(13)19/h3-4,6-7,10H,5,8-9,11H2,1-2H3,(H,20,25). The van der Waals surface area contributed by atoms with E-state index in [9.17, 15) is 4.79 Å². The molecule has 0 radical (unpaired) electrons. The predicted molar refractivity (Wildman–Crippen MR) is 108 cm³/mol. The van der Waals surface area contributed by atoms with Gasteiger partial charge >= 0.3 is 0 Å². The molecule has 3 aromatic rings. The molecule has 10 heteroatoms. The van der Waals surface area contributed by atoms with Gasteiger partial charge in [0.05, 0.1) is 16.5 Å². The zero-order valence-electron chi connectivity index (χ0n) is 15.5. The van der Waals surface area contributed by atoms with E-state index >= 15 is 0 Å². The van der Waals surface area contributed by atoms with Gasteiger partial charge in [-0.1, -0.05) is 40.7 Å². The van der Waals surface area contributed by atoms with Crippen LogP contribution in [0.5, 0.6) is 0 Å². The molecule has 0 spiro atoms.